The van der Waals surface area contributed by atoms with E-state index in [1.165, 1.54) is 5.56 Å². The van der Waals surface area contributed by atoms with Crippen molar-refractivity contribution in [3.8, 4) is 5.75 Å². The number of benzene rings is 1. The van der Waals surface area contributed by atoms with Gasteiger partial charge in [-0.25, -0.2) is 0 Å². The summed E-state index contributed by atoms with van der Waals surface area (Å²) >= 11 is 0. The molecule has 0 saturated carbocycles. The molecular formula is C15H23NO2. The van der Waals surface area contributed by atoms with Crippen molar-refractivity contribution in [3.05, 3.63) is 29.8 Å². The van der Waals surface area contributed by atoms with Gasteiger partial charge in [0.25, 0.3) is 0 Å². The summed E-state index contributed by atoms with van der Waals surface area (Å²) in [5.74, 6) is 1.34. The van der Waals surface area contributed by atoms with Crippen LogP contribution in [0.15, 0.2) is 24.3 Å². The third kappa shape index (κ3) is 3.24. The summed E-state index contributed by atoms with van der Waals surface area (Å²) in [5.41, 5.74) is 0.532. The molecule has 18 heavy (non-hydrogen) atoms. The molecule has 0 unspecified atom stereocenters. The van der Waals surface area contributed by atoms with Crippen LogP contribution < -0.4 is 10.1 Å². The molecule has 1 aliphatic heterocycles. The van der Waals surface area contributed by atoms with Gasteiger partial charge in [-0.05, 0) is 43.5 Å². The van der Waals surface area contributed by atoms with Gasteiger partial charge in [-0.15, -0.1) is 0 Å². The lowest BCUT2D eigenvalue weighted by Gasteiger charge is -2.32. The van der Waals surface area contributed by atoms with Crippen molar-refractivity contribution in [2.45, 2.75) is 38.2 Å². The van der Waals surface area contributed by atoms with Crippen LogP contribution in [0.2, 0.25) is 0 Å². The van der Waals surface area contributed by atoms with E-state index in [0.717, 1.165) is 31.7 Å². The standard InChI is InChI=1S/C15H23NO2/c1-12(2)13-5-3-4-6-14(13)18-11-15(17)7-9-16-10-8-15/h3-6,12,16-17H,7-11H2,1-2H3. The van der Waals surface area contributed by atoms with E-state index in [0.29, 0.717) is 12.5 Å². The van der Waals surface area contributed by atoms with Crippen molar-refractivity contribution in [1.82, 2.24) is 5.32 Å². The molecule has 0 aromatic heterocycles. The average Bonchev–Trinajstić information content (AvgIpc) is 2.38. The Morgan fingerprint density at radius 3 is 2.61 bits per heavy atom. The quantitative estimate of drug-likeness (QED) is 0.860. The van der Waals surface area contributed by atoms with Gasteiger partial charge in [0.05, 0.1) is 0 Å². The Labute approximate surface area is 109 Å². The van der Waals surface area contributed by atoms with Crippen LogP contribution >= 0.6 is 0 Å². The molecule has 1 saturated heterocycles. The molecule has 0 amide bonds. The van der Waals surface area contributed by atoms with E-state index in [4.69, 9.17) is 4.74 Å². The first-order valence-corrected chi connectivity index (χ1v) is 6.75. The highest BCUT2D eigenvalue weighted by Gasteiger charge is 2.30. The fourth-order valence-electron chi connectivity index (χ4n) is 2.34. The number of para-hydroxylation sites is 1. The number of rotatable bonds is 4. The first-order valence-electron chi connectivity index (χ1n) is 6.75. The van der Waals surface area contributed by atoms with Gasteiger partial charge >= 0.3 is 0 Å². The highest BCUT2D eigenvalue weighted by molar-refractivity contribution is 5.35. The molecule has 1 aromatic rings. The second kappa shape index (κ2) is 5.72. The van der Waals surface area contributed by atoms with Crippen LogP contribution in [0.25, 0.3) is 0 Å². The maximum atomic E-state index is 10.4. The third-order valence-electron chi connectivity index (χ3n) is 3.57. The monoisotopic (exact) mass is 249 g/mol. The van der Waals surface area contributed by atoms with Crippen molar-refractivity contribution in [2.24, 2.45) is 0 Å². The van der Waals surface area contributed by atoms with Crippen LogP contribution in [-0.2, 0) is 0 Å². The zero-order valence-corrected chi connectivity index (χ0v) is 11.3. The number of hydrogen-bond donors (Lipinski definition) is 2. The summed E-state index contributed by atoms with van der Waals surface area (Å²) in [6, 6.07) is 8.08. The molecule has 1 heterocycles. The van der Waals surface area contributed by atoms with Crippen LogP contribution in [0.1, 0.15) is 38.2 Å². The van der Waals surface area contributed by atoms with Crippen molar-refractivity contribution in [1.29, 1.82) is 0 Å². The molecule has 0 atom stereocenters. The highest BCUT2D eigenvalue weighted by Crippen LogP contribution is 2.27. The summed E-state index contributed by atoms with van der Waals surface area (Å²) in [4.78, 5) is 0. The number of aliphatic hydroxyl groups is 1. The summed E-state index contributed by atoms with van der Waals surface area (Å²) in [7, 11) is 0. The van der Waals surface area contributed by atoms with E-state index < -0.39 is 5.60 Å². The third-order valence-corrected chi connectivity index (χ3v) is 3.57. The molecule has 0 bridgehead atoms. The maximum Gasteiger partial charge on any atom is 0.122 e. The Morgan fingerprint density at radius 1 is 1.28 bits per heavy atom. The minimum Gasteiger partial charge on any atom is -0.490 e. The van der Waals surface area contributed by atoms with E-state index >= 15 is 0 Å². The van der Waals surface area contributed by atoms with Crippen molar-refractivity contribution in [3.63, 3.8) is 0 Å². The van der Waals surface area contributed by atoms with E-state index in [1.54, 1.807) is 0 Å². The molecule has 0 aliphatic carbocycles. The second-order valence-electron chi connectivity index (χ2n) is 5.46. The zero-order valence-electron chi connectivity index (χ0n) is 11.3. The summed E-state index contributed by atoms with van der Waals surface area (Å²) in [6.45, 7) is 6.43. The van der Waals surface area contributed by atoms with Gasteiger partial charge in [0.2, 0.25) is 0 Å². The Hall–Kier alpha value is -1.06. The number of ether oxygens (including phenoxy) is 1. The molecule has 2 rings (SSSR count). The molecule has 100 valence electrons. The van der Waals surface area contributed by atoms with Gasteiger partial charge in [0, 0.05) is 0 Å². The smallest absolute Gasteiger partial charge is 0.122 e. The van der Waals surface area contributed by atoms with E-state index in [9.17, 15) is 5.11 Å². The van der Waals surface area contributed by atoms with Crippen molar-refractivity contribution in [2.75, 3.05) is 19.7 Å². The summed E-state index contributed by atoms with van der Waals surface area (Å²) in [5, 5.41) is 13.6. The van der Waals surface area contributed by atoms with Gasteiger partial charge in [0.15, 0.2) is 0 Å². The normalized spacial score (nSPS) is 18.9. The highest BCUT2D eigenvalue weighted by atomic mass is 16.5. The molecule has 2 N–H and O–H groups in total. The fourth-order valence-corrected chi connectivity index (χ4v) is 2.34. The van der Waals surface area contributed by atoms with Crippen LogP contribution in [0.3, 0.4) is 0 Å². The lowest BCUT2D eigenvalue weighted by molar-refractivity contribution is -0.0288. The Balaban J connectivity index is 2.01. The first kappa shape index (κ1) is 13.4. The van der Waals surface area contributed by atoms with Crippen molar-refractivity contribution < 1.29 is 9.84 Å². The van der Waals surface area contributed by atoms with Crippen LogP contribution in [-0.4, -0.2) is 30.4 Å². The molecule has 1 aromatic carbocycles. The summed E-state index contributed by atoms with van der Waals surface area (Å²) in [6.07, 6.45) is 1.52. The largest absolute Gasteiger partial charge is 0.490 e. The Bertz CT molecular complexity index is 384. The van der Waals surface area contributed by atoms with Crippen LogP contribution in [0.4, 0.5) is 0 Å². The van der Waals surface area contributed by atoms with Crippen LogP contribution in [0.5, 0.6) is 5.75 Å². The maximum absolute atomic E-state index is 10.4. The van der Waals surface area contributed by atoms with Gasteiger partial charge in [-0.1, -0.05) is 32.0 Å². The van der Waals surface area contributed by atoms with Crippen LogP contribution in [0, 0.1) is 0 Å². The minimum absolute atomic E-state index is 0.387. The fraction of sp³-hybridized carbons (Fsp3) is 0.600. The SMILES string of the molecule is CC(C)c1ccccc1OCC1(O)CCNCC1. The van der Waals surface area contributed by atoms with Gasteiger partial charge < -0.3 is 15.2 Å². The zero-order chi connectivity index (χ0) is 13.0. The van der Waals surface area contributed by atoms with Gasteiger partial charge in [-0.2, -0.15) is 0 Å². The second-order valence-corrected chi connectivity index (χ2v) is 5.46. The van der Waals surface area contributed by atoms with E-state index in [2.05, 4.69) is 25.2 Å². The molecule has 3 nitrogen and oxygen atoms in total. The number of nitrogens with one attached hydrogen (secondary N) is 1. The molecule has 3 heteroatoms. The molecule has 1 fully saturated rings. The van der Waals surface area contributed by atoms with Gasteiger partial charge in [-0.3, -0.25) is 0 Å². The van der Waals surface area contributed by atoms with E-state index in [-0.39, 0.29) is 0 Å². The minimum atomic E-state index is -0.671. The molecule has 1 aliphatic rings. The molecular weight excluding hydrogens is 226 g/mol. The Kier molecular flexibility index (Phi) is 4.25. The van der Waals surface area contributed by atoms with Gasteiger partial charge in [0.1, 0.15) is 18.0 Å². The topological polar surface area (TPSA) is 41.5 Å². The lowest BCUT2D eigenvalue weighted by Crippen LogP contribution is -2.46. The van der Waals surface area contributed by atoms with E-state index in [1.807, 2.05) is 18.2 Å². The average molecular weight is 249 g/mol. The Morgan fingerprint density at radius 2 is 1.94 bits per heavy atom. The number of piperidine rings is 1. The summed E-state index contributed by atoms with van der Waals surface area (Å²) < 4.78 is 5.86. The number of hydrogen-bond acceptors (Lipinski definition) is 3. The molecule has 0 spiro atoms. The lowest BCUT2D eigenvalue weighted by atomic mass is 9.93. The molecule has 0 radical (unpaired) electrons. The van der Waals surface area contributed by atoms with Crippen molar-refractivity contribution >= 4 is 0 Å². The predicted octanol–water partition coefficient (Wildman–Crippen LogP) is 2.30. The predicted molar refractivity (Wildman–Crippen MR) is 73.1 cm³/mol. The first-order chi connectivity index (χ1) is 8.61.